The fourth-order valence-electron chi connectivity index (χ4n) is 1.49. The molecule has 0 bridgehead atoms. The van der Waals surface area contributed by atoms with E-state index < -0.39 is 15.8 Å². The molecular formula is C11H13FN4O3S. The predicted octanol–water partition coefficient (Wildman–Crippen LogP) is 0.886. The maximum Gasteiger partial charge on any atom is 0.241 e. The minimum Gasteiger partial charge on any atom is -0.398 e. The average molecular weight is 300 g/mol. The number of nitrogen functional groups attached to an aromatic ring is 1. The molecule has 0 unspecified atom stereocenters. The Hall–Kier alpha value is -2.00. The zero-order valence-corrected chi connectivity index (χ0v) is 11.7. The number of rotatable bonds is 4. The normalized spacial score (nSPS) is 11.8. The van der Waals surface area contributed by atoms with Gasteiger partial charge in [-0.3, -0.25) is 0 Å². The highest BCUT2D eigenvalue weighted by molar-refractivity contribution is 7.89. The van der Waals surface area contributed by atoms with Gasteiger partial charge in [-0.05, 0) is 19.1 Å². The summed E-state index contributed by atoms with van der Waals surface area (Å²) in [5, 5.41) is 3.55. The average Bonchev–Trinajstić information content (AvgIpc) is 2.79. The van der Waals surface area contributed by atoms with Gasteiger partial charge in [0.2, 0.25) is 15.9 Å². The number of nitrogens with zero attached hydrogens (tertiary/aromatic N) is 2. The molecule has 0 fully saturated rings. The molecular weight excluding hydrogens is 287 g/mol. The molecule has 0 saturated heterocycles. The maximum atomic E-state index is 13.5. The Kier molecular flexibility index (Phi) is 3.73. The molecule has 0 aliphatic rings. The van der Waals surface area contributed by atoms with Crippen LogP contribution in [0, 0.1) is 19.7 Å². The summed E-state index contributed by atoms with van der Waals surface area (Å²) >= 11 is 0. The lowest BCUT2D eigenvalue weighted by Crippen LogP contribution is -2.24. The van der Waals surface area contributed by atoms with E-state index in [1.807, 2.05) is 0 Å². The van der Waals surface area contributed by atoms with Crippen molar-refractivity contribution in [3.05, 3.63) is 35.2 Å². The number of aromatic nitrogens is 2. The highest BCUT2D eigenvalue weighted by Crippen LogP contribution is 2.20. The molecule has 2 aromatic rings. The molecule has 0 amide bonds. The third kappa shape index (κ3) is 2.94. The molecule has 0 aliphatic carbocycles. The van der Waals surface area contributed by atoms with Gasteiger partial charge in [0.05, 0.1) is 11.4 Å². The van der Waals surface area contributed by atoms with Crippen molar-refractivity contribution in [1.82, 2.24) is 14.9 Å². The molecule has 9 heteroatoms. The zero-order valence-electron chi connectivity index (χ0n) is 10.8. The summed E-state index contributed by atoms with van der Waals surface area (Å²) in [6.45, 7) is 2.90. The Morgan fingerprint density at radius 2 is 2.10 bits per heavy atom. The van der Waals surface area contributed by atoms with Gasteiger partial charge in [0.15, 0.2) is 5.82 Å². The minimum atomic E-state index is -3.90. The molecule has 0 spiro atoms. The Balaban J connectivity index is 2.22. The summed E-state index contributed by atoms with van der Waals surface area (Å²) in [5.74, 6) is -0.169. The van der Waals surface area contributed by atoms with Crippen molar-refractivity contribution >= 4 is 15.7 Å². The number of aryl methyl sites for hydroxylation is 1. The summed E-state index contributed by atoms with van der Waals surface area (Å²) in [6.07, 6.45) is 0. The third-order valence-electron chi connectivity index (χ3n) is 2.66. The fourth-order valence-corrected chi connectivity index (χ4v) is 2.51. The second-order valence-electron chi connectivity index (χ2n) is 4.17. The molecule has 7 nitrogen and oxygen atoms in total. The first kappa shape index (κ1) is 14.4. The number of nitrogens with two attached hydrogens (primary N) is 1. The number of benzene rings is 1. The van der Waals surface area contributed by atoms with Crippen LogP contribution >= 0.6 is 0 Å². The lowest BCUT2D eigenvalue weighted by atomic mass is 10.2. The third-order valence-corrected chi connectivity index (χ3v) is 4.04. The number of halogens is 1. The first-order valence-electron chi connectivity index (χ1n) is 5.64. The van der Waals surface area contributed by atoms with Gasteiger partial charge >= 0.3 is 0 Å². The van der Waals surface area contributed by atoms with Crippen LogP contribution in [-0.4, -0.2) is 18.6 Å². The highest BCUT2D eigenvalue weighted by atomic mass is 32.2. The highest BCUT2D eigenvalue weighted by Gasteiger charge is 2.18. The van der Waals surface area contributed by atoms with E-state index in [1.165, 1.54) is 13.0 Å². The van der Waals surface area contributed by atoms with E-state index in [4.69, 9.17) is 10.3 Å². The van der Waals surface area contributed by atoms with Gasteiger partial charge in [-0.2, -0.15) is 4.98 Å². The smallest absolute Gasteiger partial charge is 0.241 e. The van der Waals surface area contributed by atoms with Crippen molar-refractivity contribution in [2.24, 2.45) is 0 Å². The molecule has 1 aromatic heterocycles. The zero-order chi connectivity index (χ0) is 14.9. The van der Waals surface area contributed by atoms with E-state index in [-0.39, 0.29) is 28.5 Å². The lowest BCUT2D eigenvalue weighted by Gasteiger charge is -2.08. The van der Waals surface area contributed by atoms with Crippen molar-refractivity contribution in [2.45, 2.75) is 25.3 Å². The van der Waals surface area contributed by atoms with Gasteiger partial charge in [-0.25, -0.2) is 17.5 Å². The van der Waals surface area contributed by atoms with E-state index >= 15 is 0 Å². The van der Waals surface area contributed by atoms with E-state index in [0.29, 0.717) is 5.89 Å². The maximum absolute atomic E-state index is 13.5. The van der Waals surface area contributed by atoms with Gasteiger partial charge in [-0.15, -0.1) is 0 Å². The molecule has 0 atom stereocenters. The van der Waals surface area contributed by atoms with Crippen LogP contribution in [-0.2, 0) is 16.6 Å². The molecule has 108 valence electrons. The van der Waals surface area contributed by atoms with Crippen LogP contribution in [0.5, 0.6) is 0 Å². The Morgan fingerprint density at radius 1 is 1.40 bits per heavy atom. The second kappa shape index (κ2) is 5.17. The summed E-state index contributed by atoms with van der Waals surface area (Å²) in [5.41, 5.74) is 5.83. The number of nitrogens with one attached hydrogen (secondary N) is 1. The minimum absolute atomic E-state index is 0.0702. The topological polar surface area (TPSA) is 111 Å². The summed E-state index contributed by atoms with van der Waals surface area (Å²) in [6, 6.07) is 2.11. The van der Waals surface area contributed by atoms with Gasteiger partial charge in [0, 0.05) is 18.2 Å². The van der Waals surface area contributed by atoms with Crippen LogP contribution in [0.4, 0.5) is 10.1 Å². The number of anilines is 1. The molecule has 1 heterocycles. The van der Waals surface area contributed by atoms with E-state index in [1.54, 1.807) is 6.92 Å². The molecule has 20 heavy (non-hydrogen) atoms. The van der Waals surface area contributed by atoms with Crippen LogP contribution < -0.4 is 10.5 Å². The van der Waals surface area contributed by atoms with Crippen molar-refractivity contribution in [2.75, 3.05) is 5.73 Å². The Morgan fingerprint density at radius 3 is 2.65 bits per heavy atom. The first-order chi connectivity index (χ1) is 9.29. The van der Waals surface area contributed by atoms with Crippen molar-refractivity contribution < 1.29 is 17.3 Å². The van der Waals surface area contributed by atoms with Crippen molar-refractivity contribution in [1.29, 1.82) is 0 Å². The fraction of sp³-hybridized carbons (Fsp3) is 0.273. The van der Waals surface area contributed by atoms with E-state index in [2.05, 4.69) is 14.9 Å². The lowest BCUT2D eigenvalue weighted by molar-refractivity contribution is 0.387. The van der Waals surface area contributed by atoms with Crippen molar-refractivity contribution in [3.63, 3.8) is 0 Å². The van der Waals surface area contributed by atoms with E-state index in [0.717, 1.165) is 6.07 Å². The SMILES string of the molecule is Cc1nc(CNS(=O)(=O)c2cc(N)c(C)c(F)c2)no1. The molecule has 1 aromatic carbocycles. The number of hydrogen-bond acceptors (Lipinski definition) is 6. The molecule has 2 rings (SSSR count). The van der Waals surface area contributed by atoms with Gasteiger partial charge < -0.3 is 10.3 Å². The molecule has 0 saturated carbocycles. The standard InChI is InChI=1S/C11H13FN4O3S/c1-6-9(12)3-8(4-10(6)13)20(17,18)14-5-11-15-7(2)19-16-11/h3-4,14H,5,13H2,1-2H3. The summed E-state index contributed by atoms with van der Waals surface area (Å²) in [4.78, 5) is 3.60. The first-order valence-corrected chi connectivity index (χ1v) is 7.12. The molecule has 0 radical (unpaired) electrons. The van der Waals surface area contributed by atoms with Crippen LogP contribution in [0.2, 0.25) is 0 Å². The van der Waals surface area contributed by atoms with Gasteiger partial charge in [0.1, 0.15) is 5.82 Å². The summed E-state index contributed by atoms with van der Waals surface area (Å²) in [7, 11) is -3.90. The van der Waals surface area contributed by atoms with Crippen LogP contribution in [0.15, 0.2) is 21.6 Å². The Bertz CT molecular complexity index is 719. The van der Waals surface area contributed by atoms with E-state index in [9.17, 15) is 12.8 Å². The van der Waals surface area contributed by atoms with Crippen LogP contribution in [0.3, 0.4) is 0 Å². The van der Waals surface area contributed by atoms with Gasteiger partial charge in [-0.1, -0.05) is 5.16 Å². The molecule has 3 N–H and O–H groups in total. The Labute approximate surface area is 115 Å². The molecule has 0 aliphatic heterocycles. The second-order valence-corrected chi connectivity index (χ2v) is 5.94. The van der Waals surface area contributed by atoms with Crippen LogP contribution in [0.25, 0.3) is 0 Å². The quantitative estimate of drug-likeness (QED) is 0.811. The number of hydrogen-bond donors (Lipinski definition) is 2. The summed E-state index contributed by atoms with van der Waals surface area (Å²) < 4.78 is 44.5. The predicted molar refractivity (Wildman–Crippen MR) is 68.6 cm³/mol. The number of sulfonamides is 1. The van der Waals surface area contributed by atoms with Gasteiger partial charge in [0.25, 0.3) is 0 Å². The van der Waals surface area contributed by atoms with Crippen molar-refractivity contribution in [3.8, 4) is 0 Å². The largest absolute Gasteiger partial charge is 0.398 e. The van der Waals surface area contributed by atoms with Crippen LogP contribution in [0.1, 0.15) is 17.3 Å². The monoisotopic (exact) mass is 300 g/mol.